The Bertz CT molecular complexity index is 1480. The molecule has 2 fully saturated rings. The molecular formula is C35H39N5O4. The summed E-state index contributed by atoms with van der Waals surface area (Å²) in [6.07, 6.45) is 5.32. The summed E-state index contributed by atoms with van der Waals surface area (Å²) in [7, 11) is 3.44. The number of hydrogen-bond acceptors (Lipinski definition) is 7. The standard InChI is InChI=1S/C35H39N5O4/c1-38(2)34(42)28-7-10-30(11-8-28)44-31-15-19-40(20-16-31)35(43)29-9-12-32(37-23-29)33(41)21-25-13-17-39(18-14-25)24-27-5-3-26(22-36)4-6-27/h3-12,23,25,31H,13-21,24H2,1-2H3. The summed E-state index contributed by atoms with van der Waals surface area (Å²) in [5.41, 5.74) is 3.37. The molecule has 2 saturated heterocycles. The third-order valence-corrected chi connectivity index (χ3v) is 8.51. The fraction of sp³-hybridized carbons (Fsp3) is 0.400. The molecule has 9 nitrogen and oxygen atoms in total. The first-order valence-corrected chi connectivity index (χ1v) is 15.3. The summed E-state index contributed by atoms with van der Waals surface area (Å²) >= 11 is 0. The van der Waals surface area contributed by atoms with E-state index in [1.165, 1.54) is 16.7 Å². The second kappa shape index (κ2) is 14.3. The van der Waals surface area contributed by atoms with Gasteiger partial charge in [0.1, 0.15) is 17.5 Å². The molecule has 2 aliphatic heterocycles. The van der Waals surface area contributed by atoms with Gasteiger partial charge >= 0.3 is 0 Å². The molecule has 0 aliphatic carbocycles. The molecule has 0 bridgehead atoms. The van der Waals surface area contributed by atoms with Crippen LogP contribution in [0.25, 0.3) is 0 Å². The molecule has 228 valence electrons. The molecule has 3 heterocycles. The van der Waals surface area contributed by atoms with Crippen molar-refractivity contribution in [1.29, 1.82) is 5.26 Å². The van der Waals surface area contributed by atoms with Gasteiger partial charge in [-0.2, -0.15) is 5.26 Å². The Hall–Kier alpha value is -4.55. The van der Waals surface area contributed by atoms with Crippen molar-refractivity contribution in [3.63, 3.8) is 0 Å². The SMILES string of the molecule is CN(C)C(=O)c1ccc(OC2CCN(C(=O)c3ccc(C(=O)CC4CCN(Cc5ccc(C#N)cc5)CC4)nc3)CC2)cc1. The number of likely N-dealkylation sites (tertiary alicyclic amines) is 2. The third-order valence-electron chi connectivity index (χ3n) is 8.51. The van der Waals surface area contributed by atoms with Crippen molar-refractivity contribution in [2.24, 2.45) is 5.92 Å². The molecule has 0 saturated carbocycles. The van der Waals surface area contributed by atoms with Crippen LogP contribution in [-0.4, -0.2) is 83.7 Å². The molecule has 2 amide bonds. The molecule has 0 atom stereocenters. The van der Waals surface area contributed by atoms with Gasteiger partial charge in [-0.1, -0.05) is 12.1 Å². The molecule has 3 aromatic rings. The lowest BCUT2D eigenvalue weighted by Gasteiger charge is -2.32. The Morgan fingerprint density at radius 1 is 0.886 bits per heavy atom. The van der Waals surface area contributed by atoms with Crippen LogP contribution in [-0.2, 0) is 6.54 Å². The molecule has 44 heavy (non-hydrogen) atoms. The van der Waals surface area contributed by atoms with E-state index in [0.717, 1.165) is 32.5 Å². The lowest BCUT2D eigenvalue weighted by molar-refractivity contribution is 0.0594. The van der Waals surface area contributed by atoms with E-state index in [4.69, 9.17) is 10.00 Å². The fourth-order valence-corrected chi connectivity index (χ4v) is 5.83. The van der Waals surface area contributed by atoms with Gasteiger partial charge in [-0.3, -0.25) is 24.3 Å². The summed E-state index contributed by atoms with van der Waals surface area (Å²) < 4.78 is 6.10. The number of hydrogen-bond donors (Lipinski definition) is 0. The van der Waals surface area contributed by atoms with Gasteiger partial charge in [-0.15, -0.1) is 0 Å². The van der Waals surface area contributed by atoms with Crippen molar-refractivity contribution in [3.8, 4) is 11.8 Å². The first kappa shape index (κ1) is 30.9. The van der Waals surface area contributed by atoms with Crippen LogP contribution >= 0.6 is 0 Å². The van der Waals surface area contributed by atoms with Crippen molar-refractivity contribution >= 4 is 17.6 Å². The van der Waals surface area contributed by atoms with Crippen LogP contribution in [0.15, 0.2) is 66.9 Å². The van der Waals surface area contributed by atoms with Gasteiger partial charge in [0.05, 0.1) is 17.2 Å². The number of rotatable bonds is 9. The van der Waals surface area contributed by atoms with Gasteiger partial charge < -0.3 is 14.5 Å². The average molecular weight is 594 g/mol. The topological polar surface area (TPSA) is 107 Å². The predicted octanol–water partition coefficient (Wildman–Crippen LogP) is 4.82. The van der Waals surface area contributed by atoms with Gasteiger partial charge in [0.2, 0.25) is 0 Å². The molecule has 9 heteroatoms. The molecule has 0 spiro atoms. The largest absolute Gasteiger partial charge is 0.490 e. The van der Waals surface area contributed by atoms with Gasteiger partial charge in [-0.25, -0.2) is 0 Å². The Balaban J connectivity index is 1.04. The van der Waals surface area contributed by atoms with Crippen LogP contribution in [0, 0.1) is 17.2 Å². The second-order valence-electron chi connectivity index (χ2n) is 11.9. The van der Waals surface area contributed by atoms with Crippen LogP contribution in [0.3, 0.4) is 0 Å². The van der Waals surface area contributed by atoms with Gasteiger partial charge in [0.15, 0.2) is 5.78 Å². The van der Waals surface area contributed by atoms with E-state index in [2.05, 4.69) is 16.0 Å². The quantitative estimate of drug-likeness (QED) is 0.327. The highest BCUT2D eigenvalue weighted by Crippen LogP contribution is 2.24. The Labute approximate surface area is 259 Å². The molecule has 2 aliphatic rings. The number of amides is 2. The number of pyridine rings is 1. The fourth-order valence-electron chi connectivity index (χ4n) is 5.83. The zero-order valence-electron chi connectivity index (χ0n) is 25.4. The second-order valence-corrected chi connectivity index (χ2v) is 11.9. The molecular weight excluding hydrogens is 554 g/mol. The van der Waals surface area contributed by atoms with Crippen LogP contribution in [0.4, 0.5) is 0 Å². The summed E-state index contributed by atoms with van der Waals surface area (Å²) in [6, 6.07) is 20.4. The molecule has 2 aromatic carbocycles. The molecule has 0 N–H and O–H groups in total. The highest BCUT2D eigenvalue weighted by Gasteiger charge is 2.26. The maximum absolute atomic E-state index is 13.1. The van der Waals surface area contributed by atoms with Crippen LogP contribution in [0.5, 0.6) is 5.75 Å². The lowest BCUT2D eigenvalue weighted by atomic mass is 9.90. The Morgan fingerprint density at radius 2 is 1.55 bits per heavy atom. The number of ketones is 1. The molecule has 5 rings (SSSR count). The van der Waals surface area contributed by atoms with Gasteiger partial charge in [0, 0.05) is 64.8 Å². The zero-order chi connectivity index (χ0) is 31.1. The maximum Gasteiger partial charge on any atom is 0.255 e. The number of Topliss-reactive ketones (excluding diaryl/α,β-unsaturated/α-hetero) is 1. The number of ether oxygens (including phenoxy) is 1. The van der Waals surface area contributed by atoms with Gasteiger partial charge in [-0.05, 0) is 85.9 Å². The van der Waals surface area contributed by atoms with E-state index in [1.54, 1.807) is 38.4 Å². The highest BCUT2D eigenvalue weighted by atomic mass is 16.5. The lowest BCUT2D eigenvalue weighted by Crippen LogP contribution is -2.41. The minimum Gasteiger partial charge on any atom is -0.490 e. The number of nitrogens with zero attached hydrogens (tertiary/aromatic N) is 5. The summed E-state index contributed by atoms with van der Waals surface area (Å²) in [5, 5.41) is 8.98. The molecule has 0 unspecified atom stereocenters. The van der Waals surface area contributed by atoms with Crippen molar-refractivity contribution in [1.82, 2.24) is 19.7 Å². The minimum atomic E-state index is -0.0869. The number of carbonyl (C=O) groups is 3. The predicted molar refractivity (Wildman–Crippen MR) is 166 cm³/mol. The minimum absolute atomic E-state index is 0.00425. The van der Waals surface area contributed by atoms with E-state index in [1.807, 2.05) is 41.3 Å². The third kappa shape index (κ3) is 7.88. The highest BCUT2D eigenvalue weighted by molar-refractivity contribution is 5.97. The first-order chi connectivity index (χ1) is 21.3. The zero-order valence-corrected chi connectivity index (χ0v) is 25.4. The van der Waals surface area contributed by atoms with E-state index in [0.29, 0.717) is 66.4 Å². The average Bonchev–Trinajstić information content (AvgIpc) is 3.06. The number of carbonyl (C=O) groups excluding carboxylic acids is 3. The Morgan fingerprint density at radius 3 is 2.14 bits per heavy atom. The van der Waals surface area contributed by atoms with Crippen LogP contribution < -0.4 is 4.74 Å². The van der Waals surface area contributed by atoms with E-state index in [9.17, 15) is 14.4 Å². The maximum atomic E-state index is 13.1. The summed E-state index contributed by atoms with van der Waals surface area (Å²) in [5.74, 6) is 0.916. The van der Waals surface area contributed by atoms with Crippen LogP contribution in [0.2, 0.25) is 0 Å². The Kier molecular flexibility index (Phi) is 10.0. The monoisotopic (exact) mass is 593 g/mol. The molecule has 1 aromatic heterocycles. The smallest absolute Gasteiger partial charge is 0.255 e. The van der Waals surface area contributed by atoms with Crippen molar-refractivity contribution in [3.05, 3.63) is 94.8 Å². The van der Waals surface area contributed by atoms with E-state index >= 15 is 0 Å². The number of aromatic nitrogens is 1. The number of piperidine rings is 2. The van der Waals surface area contributed by atoms with Crippen molar-refractivity contribution < 1.29 is 19.1 Å². The van der Waals surface area contributed by atoms with Crippen LogP contribution in [0.1, 0.15) is 74.4 Å². The first-order valence-electron chi connectivity index (χ1n) is 15.3. The van der Waals surface area contributed by atoms with Crippen molar-refractivity contribution in [2.75, 3.05) is 40.3 Å². The number of nitriles is 1. The molecule has 0 radical (unpaired) electrons. The van der Waals surface area contributed by atoms with E-state index in [-0.39, 0.29) is 23.7 Å². The van der Waals surface area contributed by atoms with Gasteiger partial charge in [0.25, 0.3) is 11.8 Å². The normalized spacial score (nSPS) is 16.2. The van der Waals surface area contributed by atoms with Crippen molar-refractivity contribution in [2.45, 2.75) is 44.8 Å². The number of benzene rings is 2. The summed E-state index contributed by atoms with van der Waals surface area (Å²) in [6.45, 7) is 3.87. The van der Waals surface area contributed by atoms with E-state index < -0.39 is 0 Å². The summed E-state index contributed by atoms with van der Waals surface area (Å²) in [4.78, 5) is 48.3.